The van der Waals surface area contributed by atoms with Gasteiger partial charge in [0.25, 0.3) is 0 Å². The van der Waals surface area contributed by atoms with Crippen LogP contribution < -0.4 is 19.9 Å². The maximum Gasteiger partial charge on any atom is 0.490 e. The molecule has 0 unspecified atom stereocenters. The molecule has 5 N–H and O–H groups in total. The van der Waals surface area contributed by atoms with Gasteiger partial charge in [-0.25, -0.2) is 13.2 Å². The van der Waals surface area contributed by atoms with Gasteiger partial charge < -0.3 is 25.2 Å². The van der Waals surface area contributed by atoms with E-state index in [0.717, 1.165) is 10.9 Å². The van der Waals surface area contributed by atoms with Gasteiger partial charge in [0.05, 0.1) is 19.1 Å². The lowest BCUT2D eigenvalue weighted by atomic mass is 10.1. The molecule has 1 aliphatic heterocycles. The number of hydrogen-bond donors (Lipinski definition) is 4. The minimum absolute atomic E-state index is 0.0494. The summed E-state index contributed by atoms with van der Waals surface area (Å²) in [7, 11) is -0.882. The second kappa shape index (κ2) is 12.4. The molecule has 0 saturated carbocycles. The van der Waals surface area contributed by atoms with Crippen molar-refractivity contribution in [2.75, 3.05) is 20.8 Å². The zero-order chi connectivity index (χ0) is 30.5. The molecule has 0 radical (unpaired) electrons. The van der Waals surface area contributed by atoms with E-state index < -0.39 is 28.2 Å². The van der Waals surface area contributed by atoms with E-state index in [9.17, 15) is 26.4 Å². The molecule has 4 rings (SSSR count). The first-order chi connectivity index (χ1) is 19.2. The van der Waals surface area contributed by atoms with Crippen molar-refractivity contribution in [3.8, 4) is 11.5 Å². The van der Waals surface area contributed by atoms with E-state index in [1.54, 1.807) is 47.4 Å². The Morgan fingerprint density at radius 3 is 2.27 bits per heavy atom. The number of amidine groups is 1. The molecule has 41 heavy (non-hydrogen) atoms. The van der Waals surface area contributed by atoms with Gasteiger partial charge in [-0.15, -0.1) is 0 Å². The smallest absolute Gasteiger partial charge is 0.490 e. The third kappa shape index (κ3) is 7.64. The number of nitrogen functional groups attached to an aromatic ring is 1. The number of nitrogens with one attached hydrogen (secondary N) is 2. The van der Waals surface area contributed by atoms with Gasteiger partial charge in [0.1, 0.15) is 11.9 Å². The number of rotatable bonds is 8. The second-order valence-electron chi connectivity index (χ2n) is 8.86. The number of carbonyl (C=O) groups excluding carboxylic acids is 1. The van der Waals surface area contributed by atoms with Crippen molar-refractivity contribution in [1.82, 2.24) is 9.62 Å². The summed E-state index contributed by atoms with van der Waals surface area (Å²) in [6.45, 7) is 0.737. The summed E-state index contributed by atoms with van der Waals surface area (Å²) in [6, 6.07) is 14.5. The lowest BCUT2D eigenvalue weighted by molar-refractivity contribution is -0.192. The zero-order valence-corrected chi connectivity index (χ0v) is 22.7. The molecule has 0 aromatic heterocycles. The van der Waals surface area contributed by atoms with E-state index in [1.165, 1.54) is 20.3 Å². The number of methoxy groups -OCH3 is 2. The van der Waals surface area contributed by atoms with Gasteiger partial charge in [0.15, 0.2) is 11.5 Å². The molecule has 1 aliphatic rings. The quantitative estimate of drug-likeness (QED) is 0.227. The predicted octanol–water partition coefficient (Wildman–Crippen LogP) is 2.85. The first kappa shape index (κ1) is 31.2. The van der Waals surface area contributed by atoms with Crippen molar-refractivity contribution in [3.05, 3.63) is 65.7 Å². The Labute approximate surface area is 233 Å². The van der Waals surface area contributed by atoms with E-state index in [-0.39, 0.29) is 16.6 Å². The average Bonchev–Trinajstić information content (AvgIpc) is 3.25. The molecule has 1 fully saturated rings. The molecule has 3 aromatic carbocycles. The van der Waals surface area contributed by atoms with E-state index in [4.69, 9.17) is 30.5 Å². The Kier molecular flexibility index (Phi) is 9.45. The molecule has 1 saturated heterocycles. The number of likely N-dealkylation sites (tertiary alicyclic amines) is 1. The van der Waals surface area contributed by atoms with Gasteiger partial charge in [-0.05, 0) is 53.1 Å². The Hall–Kier alpha value is -4.37. The lowest BCUT2D eigenvalue weighted by Gasteiger charge is -2.18. The van der Waals surface area contributed by atoms with E-state index in [1.807, 2.05) is 6.07 Å². The van der Waals surface area contributed by atoms with Gasteiger partial charge >= 0.3 is 12.1 Å². The average molecular weight is 597 g/mol. The number of aliphatic carboxylic acids is 1. The lowest BCUT2D eigenvalue weighted by Crippen LogP contribution is -2.41. The number of nitrogens with zero attached hydrogens (tertiary/aromatic N) is 1. The van der Waals surface area contributed by atoms with Crippen LogP contribution in [0.3, 0.4) is 0 Å². The Balaban J connectivity index is 0.000000587. The van der Waals surface area contributed by atoms with Crippen molar-refractivity contribution >= 4 is 38.5 Å². The molecule has 11 nitrogen and oxygen atoms in total. The molecular weight excluding hydrogens is 569 g/mol. The van der Waals surface area contributed by atoms with Crippen LogP contribution in [0.4, 0.5) is 13.2 Å². The number of fused-ring (bicyclic) bond motifs is 1. The fraction of sp³-hybridized carbons (Fsp3) is 0.269. The largest absolute Gasteiger partial charge is 0.493 e. The number of carbonyl (C=O) groups is 2. The fourth-order valence-corrected chi connectivity index (χ4v) is 5.30. The number of nitrogens with two attached hydrogens (primary N) is 1. The number of ether oxygens (including phenoxy) is 2. The summed E-state index contributed by atoms with van der Waals surface area (Å²) in [6.07, 6.45) is -4.72. The van der Waals surface area contributed by atoms with E-state index in [2.05, 4.69) is 4.72 Å². The van der Waals surface area contributed by atoms with Crippen LogP contribution in [-0.2, 0) is 26.2 Å². The summed E-state index contributed by atoms with van der Waals surface area (Å²) in [5, 5.41) is 16.2. The standard InChI is InChI=1S/C24H26N4O5S.C2HF3O2/c1-32-21-12-16-6-7-19(11-18(16)13-22(21)33-2)34(30,31)27-20-8-9-28(24(20)29)14-15-4-3-5-17(10-15)23(25)26;3-2(4,5)1(6)7/h3-7,10-13,20,27H,8-9,14H2,1-2H3,(H3,25,26);(H,6,7)/t20-;/m0./s1. The van der Waals surface area contributed by atoms with E-state index in [0.29, 0.717) is 42.0 Å². The molecule has 0 bridgehead atoms. The van der Waals surface area contributed by atoms with Gasteiger partial charge in [-0.2, -0.15) is 17.9 Å². The second-order valence-corrected chi connectivity index (χ2v) is 10.6. The molecule has 0 aliphatic carbocycles. The van der Waals surface area contributed by atoms with Crippen LogP contribution in [0, 0.1) is 5.41 Å². The first-order valence-corrected chi connectivity index (χ1v) is 13.3. The highest BCUT2D eigenvalue weighted by Crippen LogP contribution is 2.33. The van der Waals surface area contributed by atoms with Crippen LogP contribution in [-0.4, -0.2) is 69.1 Å². The molecule has 3 aromatic rings. The number of carboxylic acids is 1. The van der Waals surface area contributed by atoms with Crippen molar-refractivity contribution in [2.45, 2.75) is 30.1 Å². The Morgan fingerprint density at radius 1 is 1.10 bits per heavy atom. The zero-order valence-electron chi connectivity index (χ0n) is 21.9. The van der Waals surface area contributed by atoms with Crippen molar-refractivity contribution in [3.63, 3.8) is 0 Å². The normalized spacial score (nSPS) is 15.3. The summed E-state index contributed by atoms with van der Waals surface area (Å²) in [5.41, 5.74) is 6.94. The minimum Gasteiger partial charge on any atom is -0.493 e. The minimum atomic E-state index is -5.08. The van der Waals surface area contributed by atoms with E-state index >= 15 is 0 Å². The first-order valence-electron chi connectivity index (χ1n) is 11.9. The maximum absolute atomic E-state index is 13.1. The molecular formula is C26H27F3N4O7S. The fourth-order valence-electron chi connectivity index (χ4n) is 4.04. The highest BCUT2D eigenvalue weighted by Gasteiger charge is 2.38. The topological polar surface area (TPSA) is 172 Å². The van der Waals surface area contributed by atoms with Gasteiger partial charge in [0.2, 0.25) is 15.9 Å². The molecule has 0 spiro atoms. The highest BCUT2D eigenvalue weighted by atomic mass is 32.2. The Bertz CT molecular complexity index is 1580. The summed E-state index contributed by atoms with van der Waals surface area (Å²) < 4.78 is 71.0. The predicted molar refractivity (Wildman–Crippen MR) is 142 cm³/mol. The van der Waals surface area contributed by atoms with Crippen LogP contribution in [0.2, 0.25) is 0 Å². The summed E-state index contributed by atoms with van der Waals surface area (Å²) in [5.74, 6) is -2.05. The number of carboxylic acid groups (broad SMARTS) is 1. The van der Waals surface area contributed by atoms with Crippen LogP contribution >= 0.6 is 0 Å². The monoisotopic (exact) mass is 596 g/mol. The van der Waals surface area contributed by atoms with Gasteiger partial charge in [0, 0.05) is 18.7 Å². The Morgan fingerprint density at radius 2 is 1.71 bits per heavy atom. The van der Waals surface area contributed by atoms with Crippen molar-refractivity contribution in [2.24, 2.45) is 5.73 Å². The molecule has 1 amide bonds. The maximum atomic E-state index is 13.1. The number of sulfonamides is 1. The van der Waals surface area contributed by atoms with Crippen LogP contribution in [0.5, 0.6) is 11.5 Å². The van der Waals surface area contributed by atoms with Crippen molar-refractivity contribution in [1.29, 1.82) is 5.41 Å². The third-order valence-corrected chi connectivity index (χ3v) is 7.54. The highest BCUT2D eigenvalue weighted by molar-refractivity contribution is 7.89. The summed E-state index contributed by atoms with van der Waals surface area (Å²) >= 11 is 0. The number of benzene rings is 3. The van der Waals surface area contributed by atoms with Gasteiger partial charge in [-0.3, -0.25) is 10.2 Å². The number of hydrogen-bond acceptors (Lipinski definition) is 7. The molecule has 1 atom stereocenters. The SMILES string of the molecule is COc1cc2ccc(S(=O)(=O)N[C@H]3CCN(Cc4cccc(C(=N)N)c4)C3=O)cc2cc1OC.O=C(O)C(F)(F)F. The summed E-state index contributed by atoms with van der Waals surface area (Å²) in [4.78, 5) is 23.5. The van der Waals surface area contributed by atoms with Crippen LogP contribution in [0.25, 0.3) is 10.8 Å². The van der Waals surface area contributed by atoms with Crippen LogP contribution in [0.15, 0.2) is 59.5 Å². The number of halogens is 3. The third-order valence-electron chi connectivity index (χ3n) is 6.07. The molecule has 220 valence electrons. The van der Waals surface area contributed by atoms with Crippen LogP contribution in [0.1, 0.15) is 17.5 Å². The molecule has 1 heterocycles. The number of amides is 1. The van der Waals surface area contributed by atoms with Crippen molar-refractivity contribution < 1.29 is 45.8 Å². The van der Waals surface area contributed by atoms with Gasteiger partial charge in [-0.1, -0.05) is 24.3 Å². The molecule has 15 heteroatoms. The number of alkyl halides is 3.